The van der Waals surface area contributed by atoms with Crippen molar-refractivity contribution in [2.24, 2.45) is 0 Å². The molecule has 0 radical (unpaired) electrons. The van der Waals surface area contributed by atoms with Crippen LogP contribution in [0.1, 0.15) is 26.1 Å². The lowest BCUT2D eigenvalue weighted by Crippen LogP contribution is -2.22. The van der Waals surface area contributed by atoms with Crippen molar-refractivity contribution in [3.63, 3.8) is 0 Å². The van der Waals surface area contributed by atoms with Gasteiger partial charge in [0.1, 0.15) is 6.33 Å². The highest BCUT2D eigenvalue weighted by molar-refractivity contribution is 4.81. The van der Waals surface area contributed by atoms with Gasteiger partial charge in [-0.3, -0.25) is 4.68 Å². The third-order valence-electron chi connectivity index (χ3n) is 1.81. The van der Waals surface area contributed by atoms with Gasteiger partial charge in [-0.1, -0.05) is 19.9 Å². The molecular weight excluding hydrogens is 176 g/mol. The van der Waals surface area contributed by atoms with Crippen LogP contribution in [-0.2, 0) is 13.1 Å². The summed E-state index contributed by atoms with van der Waals surface area (Å²) < 4.78 is 1.85. The lowest BCUT2D eigenvalue weighted by atomic mass is 10.4. The molecule has 14 heavy (non-hydrogen) atoms. The van der Waals surface area contributed by atoms with Gasteiger partial charge in [-0.25, -0.2) is 4.98 Å². The molecule has 78 valence electrons. The Bertz CT molecular complexity index is 277. The van der Waals surface area contributed by atoms with Crippen molar-refractivity contribution >= 4 is 0 Å². The molecule has 4 nitrogen and oxygen atoms in total. The molecule has 0 bridgehead atoms. The van der Waals surface area contributed by atoms with Gasteiger partial charge in [-0.2, -0.15) is 5.10 Å². The maximum Gasteiger partial charge on any atom is 0.164 e. The zero-order valence-corrected chi connectivity index (χ0v) is 8.90. The van der Waals surface area contributed by atoms with Gasteiger partial charge < -0.3 is 5.32 Å². The van der Waals surface area contributed by atoms with E-state index in [-0.39, 0.29) is 0 Å². The summed E-state index contributed by atoms with van der Waals surface area (Å²) in [5.74, 6) is 0.850. The van der Waals surface area contributed by atoms with Crippen LogP contribution in [0.25, 0.3) is 0 Å². The Balaban J connectivity index is 2.38. The SMILES string of the molecule is C=CCCn1cnc(CNC(C)C)n1. The predicted octanol–water partition coefficient (Wildman–Crippen LogP) is 1.35. The van der Waals surface area contributed by atoms with Crippen molar-refractivity contribution < 1.29 is 0 Å². The molecule has 1 aromatic heterocycles. The Morgan fingerprint density at radius 3 is 3.07 bits per heavy atom. The molecule has 0 fully saturated rings. The standard InChI is InChI=1S/C10H18N4/c1-4-5-6-14-8-12-10(13-14)7-11-9(2)3/h4,8-9,11H,1,5-7H2,2-3H3. The van der Waals surface area contributed by atoms with Crippen LogP contribution in [0.3, 0.4) is 0 Å². The van der Waals surface area contributed by atoms with Crippen molar-refractivity contribution in [1.29, 1.82) is 0 Å². The molecule has 1 N–H and O–H groups in total. The summed E-state index contributed by atoms with van der Waals surface area (Å²) in [6, 6.07) is 0.468. The number of hydrogen-bond acceptors (Lipinski definition) is 3. The highest BCUT2D eigenvalue weighted by Crippen LogP contribution is 1.93. The first-order valence-electron chi connectivity index (χ1n) is 4.95. The molecule has 0 unspecified atom stereocenters. The van der Waals surface area contributed by atoms with Crippen LogP contribution < -0.4 is 5.32 Å². The maximum absolute atomic E-state index is 4.31. The van der Waals surface area contributed by atoms with Gasteiger partial charge in [0.05, 0.1) is 6.54 Å². The second-order valence-corrected chi connectivity index (χ2v) is 3.54. The van der Waals surface area contributed by atoms with Crippen molar-refractivity contribution in [3.05, 3.63) is 24.8 Å². The first-order chi connectivity index (χ1) is 6.72. The number of nitrogens with one attached hydrogen (secondary N) is 1. The second kappa shape index (κ2) is 5.54. The smallest absolute Gasteiger partial charge is 0.164 e. The molecule has 0 saturated heterocycles. The van der Waals surface area contributed by atoms with Gasteiger partial charge in [0, 0.05) is 12.6 Å². The molecule has 4 heteroatoms. The van der Waals surface area contributed by atoms with Crippen LogP contribution in [0, 0.1) is 0 Å². The summed E-state index contributed by atoms with van der Waals surface area (Å²) in [5, 5.41) is 7.59. The molecule has 0 aliphatic carbocycles. The average Bonchev–Trinajstić information content (AvgIpc) is 2.59. The maximum atomic E-state index is 4.31. The fourth-order valence-electron chi connectivity index (χ4n) is 1.04. The molecule has 0 saturated carbocycles. The molecule has 0 aliphatic heterocycles. The molecular formula is C10H18N4. The van der Waals surface area contributed by atoms with E-state index in [4.69, 9.17) is 0 Å². The van der Waals surface area contributed by atoms with Crippen LogP contribution >= 0.6 is 0 Å². The lowest BCUT2D eigenvalue weighted by Gasteiger charge is -2.03. The van der Waals surface area contributed by atoms with E-state index >= 15 is 0 Å². The first kappa shape index (κ1) is 10.9. The Labute approximate surface area is 85.0 Å². The minimum Gasteiger partial charge on any atom is -0.308 e. The van der Waals surface area contributed by atoms with Crippen LogP contribution in [0.2, 0.25) is 0 Å². The number of rotatable bonds is 6. The summed E-state index contributed by atoms with van der Waals surface area (Å²) in [5.41, 5.74) is 0. The number of aryl methyl sites for hydroxylation is 1. The van der Waals surface area contributed by atoms with E-state index in [1.807, 2.05) is 10.8 Å². The number of hydrogen-bond donors (Lipinski definition) is 1. The molecule has 1 rings (SSSR count). The number of allylic oxidation sites excluding steroid dienone is 1. The average molecular weight is 194 g/mol. The number of nitrogens with zero attached hydrogens (tertiary/aromatic N) is 3. The largest absolute Gasteiger partial charge is 0.308 e. The van der Waals surface area contributed by atoms with Crippen molar-refractivity contribution in [2.75, 3.05) is 0 Å². The van der Waals surface area contributed by atoms with Crippen molar-refractivity contribution in [1.82, 2.24) is 20.1 Å². The molecule has 1 heterocycles. The third-order valence-corrected chi connectivity index (χ3v) is 1.81. The van der Waals surface area contributed by atoms with Crippen LogP contribution in [-0.4, -0.2) is 20.8 Å². The molecule has 0 amide bonds. The summed E-state index contributed by atoms with van der Waals surface area (Å²) in [6.07, 6.45) is 4.58. The van der Waals surface area contributed by atoms with E-state index in [0.717, 1.165) is 25.3 Å². The van der Waals surface area contributed by atoms with Gasteiger partial charge in [0.25, 0.3) is 0 Å². The van der Waals surface area contributed by atoms with Crippen LogP contribution in [0.15, 0.2) is 19.0 Å². The molecule has 0 aliphatic rings. The van der Waals surface area contributed by atoms with Crippen LogP contribution in [0.5, 0.6) is 0 Å². The summed E-state index contributed by atoms with van der Waals surface area (Å²) >= 11 is 0. The van der Waals surface area contributed by atoms with E-state index in [9.17, 15) is 0 Å². The van der Waals surface area contributed by atoms with E-state index < -0.39 is 0 Å². The summed E-state index contributed by atoms with van der Waals surface area (Å²) in [6.45, 7) is 9.47. The highest BCUT2D eigenvalue weighted by Gasteiger charge is 2.00. The number of aromatic nitrogens is 3. The van der Waals surface area contributed by atoms with Gasteiger partial charge in [-0.15, -0.1) is 6.58 Å². The van der Waals surface area contributed by atoms with E-state index in [0.29, 0.717) is 6.04 Å². The fraction of sp³-hybridized carbons (Fsp3) is 0.600. The topological polar surface area (TPSA) is 42.7 Å². The summed E-state index contributed by atoms with van der Waals surface area (Å²) in [7, 11) is 0. The Morgan fingerprint density at radius 1 is 1.64 bits per heavy atom. The quantitative estimate of drug-likeness (QED) is 0.695. The van der Waals surface area contributed by atoms with Gasteiger partial charge >= 0.3 is 0 Å². The Morgan fingerprint density at radius 2 is 2.43 bits per heavy atom. The van der Waals surface area contributed by atoms with Crippen molar-refractivity contribution in [2.45, 2.75) is 39.4 Å². The minimum absolute atomic E-state index is 0.468. The minimum atomic E-state index is 0.468. The zero-order chi connectivity index (χ0) is 10.4. The van der Waals surface area contributed by atoms with Gasteiger partial charge in [0.15, 0.2) is 5.82 Å². The fourth-order valence-corrected chi connectivity index (χ4v) is 1.04. The third kappa shape index (κ3) is 3.70. The van der Waals surface area contributed by atoms with E-state index in [2.05, 4.69) is 35.8 Å². The molecule has 1 aromatic rings. The molecule has 0 aromatic carbocycles. The van der Waals surface area contributed by atoms with E-state index in [1.54, 1.807) is 6.33 Å². The van der Waals surface area contributed by atoms with Gasteiger partial charge in [0.2, 0.25) is 0 Å². The highest BCUT2D eigenvalue weighted by atomic mass is 15.3. The first-order valence-corrected chi connectivity index (χ1v) is 4.95. The van der Waals surface area contributed by atoms with Gasteiger partial charge in [-0.05, 0) is 6.42 Å². The van der Waals surface area contributed by atoms with Crippen LogP contribution in [0.4, 0.5) is 0 Å². The molecule has 0 spiro atoms. The lowest BCUT2D eigenvalue weighted by molar-refractivity contribution is 0.558. The summed E-state index contributed by atoms with van der Waals surface area (Å²) in [4.78, 5) is 4.20. The predicted molar refractivity (Wildman–Crippen MR) is 56.8 cm³/mol. The second-order valence-electron chi connectivity index (χ2n) is 3.54. The monoisotopic (exact) mass is 194 g/mol. The zero-order valence-electron chi connectivity index (χ0n) is 8.90. The Hall–Kier alpha value is -1.16. The Kier molecular flexibility index (Phi) is 4.32. The normalized spacial score (nSPS) is 10.8. The van der Waals surface area contributed by atoms with E-state index in [1.165, 1.54) is 0 Å². The molecule has 0 atom stereocenters. The van der Waals surface area contributed by atoms with Crippen molar-refractivity contribution in [3.8, 4) is 0 Å².